The van der Waals surface area contributed by atoms with Crippen molar-refractivity contribution in [3.05, 3.63) is 90.5 Å². The van der Waals surface area contributed by atoms with Gasteiger partial charge in [0.25, 0.3) is 0 Å². The smallest absolute Gasteiger partial charge is 0.0424 e. The molecule has 0 atom stereocenters. The summed E-state index contributed by atoms with van der Waals surface area (Å²) in [5.41, 5.74) is 6.35. The molecule has 0 aliphatic rings. The van der Waals surface area contributed by atoms with E-state index in [-0.39, 0.29) is 0 Å². The van der Waals surface area contributed by atoms with Gasteiger partial charge in [0, 0.05) is 9.75 Å². The normalized spacial score (nSPS) is 10.5. The van der Waals surface area contributed by atoms with Gasteiger partial charge in [0.1, 0.15) is 0 Å². The highest BCUT2D eigenvalue weighted by atomic mass is 32.1. The van der Waals surface area contributed by atoms with Gasteiger partial charge in [0.15, 0.2) is 0 Å². The van der Waals surface area contributed by atoms with E-state index in [9.17, 15) is 0 Å². The van der Waals surface area contributed by atoms with Crippen LogP contribution < -0.4 is 0 Å². The van der Waals surface area contributed by atoms with Crippen LogP contribution in [0.4, 0.5) is 0 Å². The topological polar surface area (TPSA) is 0 Å². The fourth-order valence-electron chi connectivity index (χ4n) is 2.78. The molecular weight excluding hydrogens is 296 g/mol. The lowest BCUT2D eigenvalue weighted by molar-refractivity contribution is 1.29. The molecule has 0 saturated heterocycles. The van der Waals surface area contributed by atoms with Crippen LogP contribution in [0.15, 0.2) is 73.8 Å². The summed E-state index contributed by atoms with van der Waals surface area (Å²) in [7, 11) is 0. The molecule has 0 nitrogen and oxygen atoms in total. The summed E-state index contributed by atoms with van der Waals surface area (Å²) < 4.78 is 0. The number of hydrogen-bond donors (Lipinski definition) is 0. The van der Waals surface area contributed by atoms with Gasteiger partial charge in [0.2, 0.25) is 0 Å². The molecule has 0 N–H and O–H groups in total. The summed E-state index contributed by atoms with van der Waals surface area (Å²) >= 11 is 1.84. The second kappa shape index (κ2) is 6.80. The average Bonchev–Trinajstić information content (AvgIpc) is 2.95. The van der Waals surface area contributed by atoms with E-state index in [1.54, 1.807) is 0 Å². The van der Waals surface area contributed by atoms with Crippen LogP contribution in [0.5, 0.6) is 0 Å². The van der Waals surface area contributed by atoms with Crippen LogP contribution in [0, 0.1) is 6.92 Å². The summed E-state index contributed by atoms with van der Waals surface area (Å²) in [5.74, 6) is 0. The SMILES string of the molecule is C=CCc1c(-c2ccc(C)cc2)sc(-c2ccccc2)c1C=C. The Kier molecular flexibility index (Phi) is 4.59. The Hall–Kier alpha value is -2.38. The van der Waals surface area contributed by atoms with E-state index in [0.717, 1.165) is 6.42 Å². The molecule has 3 rings (SSSR count). The third-order valence-corrected chi connectivity index (χ3v) is 5.30. The molecule has 0 spiro atoms. The first-order chi connectivity index (χ1) is 11.2. The Morgan fingerprint density at radius 2 is 1.52 bits per heavy atom. The Morgan fingerprint density at radius 1 is 0.870 bits per heavy atom. The van der Waals surface area contributed by atoms with Crippen LogP contribution in [0.1, 0.15) is 16.7 Å². The number of hydrogen-bond acceptors (Lipinski definition) is 1. The third-order valence-electron chi connectivity index (χ3n) is 3.95. The summed E-state index contributed by atoms with van der Waals surface area (Å²) in [6.07, 6.45) is 4.81. The van der Waals surface area contributed by atoms with Gasteiger partial charge >= 0.3 is 0 Å². The molecule has 3 aromatic rings. The monoisotopic (exact) mass is 316 g/mol. The maximum atomic E-state index is 4.05. The lowest BCUT2D eigenvalue weighted by Gasteiger charge is -2.04. The van der Waals surface area contributed by atoms with E-state index < -0.39 is 0 Å². The minimum Gasteiger partial charge on any atom is -0.134 e. The lowest BCUT2D eigenvalue weighted by Crippen LogP contribution is -1.86. The molecule has 0 unspecified atom stereocenters. The Morgan fingerprint density at radius 3 is 2.13 bits per heavy atom. The van der Waals surface area contributed by atoms with Crippen molar-refractivity contribution in [3.63, 3.8) is 0 Å². The van der Waals surface area contributed by atoms with Crippen molar-refractivity contribution >= 4 is 17.4 Å². The molecule has 1 heterocycles. The first kappa shape index (κ1) is 15.5. The summed E-state index contributed by atoms with van der Waals surface area (Å²) in [4.78, 5) is 2.60. The molecule has 2 aromatic carbocycles. The highest BCUT2D eigenvalue weighted by molar-refractivity contribution is 7.19. The highest BCUT2D eigenvalue weighted by Crippen LogP contribution is 2.43. The van der Waals surface area contributed by atoms with Crippen LogP contribution >= 0.6 is 11.3 Å². The van der Waals surface area contributed by atoms with E-state index in [1.165, 1.54) is 37.6 Å². The van der Waals surface area contributed by atoms with Gasteiger partial charge in [-0.25, -0.2) is 0 Å². The van der Waals surface area contributed by atoms with E-state index in [2.05, 4.69) is 74.7 Å². The first-order valence-electron chi connectivity index (χ1n) is 7.76. The van der Waals surface area contributed by atoms with E-state index in [0.29, 0.717) is 0 Å². The van der Waals surface area contributed by atoms with Crippen molar-refractivity contribution in [3.8, 4) is 20.9 Å². The number of benzene rings is 2. The van der Waals surface area contributed by atoms with Crippen molar-refractivity contribution in [1.82, 2.24) is 0 Å². The highest BCUT2D eigenvalue weighted by Gasteiger charge is 2.17. The molecular formula is C22H20S. The average molecular weight is 316 g/mol. The zero-order chi connectivity index (χ0) is 16.2. The van der Waals surface area contributed by atoms with Gasteiger partial charge in [0.05, 0.1) is 0 Å². The van der Waals surface area contributed by atoms with Gasteiger partial charge < -0.3 is 0 Å². The largest absolute Gasteiger partial charge is 0.134 e. The maximum absolute atomic E-state index is 4.05. The minimum atomic E-state index is 0.855. The lowest BCUT2D eigenvalue weighted by atomic mass is 9.99. The fourth-order valence-corrected chi connectivity index (χ4v) is 4.13. The van der Waals surface area contributed by atoms with Crippen molar-refractivity contribution < 1.29 is 0 Å². The molecule has 0 aliphatic carbocycles. The number of allylic oxidation sites excluding steroid dienone is 1. The van der Waals surface area contributed by atoms with Crippen LogP contribution in [0.25, 0.3) is 27.0 Å². The van der Waals surface area contributed by atoms with Crippen molar-refractivity contribution in [2.45, 2.75) is 13.3 Å². The van der Waals surface area contributed by atoms with Gasteiger partial charge in [-0.3, -0.25) is 0 Å². The van der Waals surface area contributed by atoms with Crippen LogP contribution in [0.2, 0.25) is 0 Å². The standard InChI is InChI=1S/C22H20S/c1-4-9-20-19(5-2)21(17-10-7-6-8-11-17)23-22(20)18-14-12-16(3)13-15-18/h4-8,10-15H,1-2,9H2,3H3. The molecule has 0 bridgehead atoms. The van der Waals surface area contributed by atoms with E-state index in [4.69, 9.17) is 0 Å². The molecule has 1 heteroatoms. The summed E-state index contributed by atoms with van der Waals surface area (Å²) in [5, 5.41) is 0. The molecule has 23 heavy (non-hydrogen) atoms. The van der Waals surface area contributed by atoms with Crippen LogP contribution in [-0.2, 0) is 6.42 Å². The second-order valence-corrected chi connectivity index (χ2v) is 6.60. The molecule has 0 fully saturated rings. The van der Waals surface area contributed by atoms with Crippen molar-refractivity contribution in [1.29, 1.82) is 0 Å². The van der Waals surface area contributed by atoms with E-state index >= 15 is 0 Å². The molecule has 0 radical (unpaired) electrons. The number of rotatable bonds is 5. The zero-order valence-corrected chi connectivity index (χ0v) is 14.2. The van der Waals surface area contributed by atoms with Crippen molar-refractivity contribution in [2.24, 2.45) is 0 Å². The quantitative estimate of drug-likeness (QED) is 0.456. The van der Waals surface area contributed by atoms with Gasteiger partial charge in [-0.1, -0.05) is 78.9 Å². The molecule has 1 aromatic heterocycles. The van der Waals surface area contributed by atoms with E-state index in [1.807, 2.05) is 23.5 Å². The van der Waals surface area contributed by atoms with Crippen LogP contribution in [-0.4, -0.2) is 0 Å². The molecule has 0 aliphatic heterocycles. The Labute approximate surface area is 142 Å². The van der Waals surface area contributed by atoms with Gasteiger partial charge in [-0.15, -0.1) is 17.9 Å². The van der Waals surface area contributed by atoms with Crippen molar-refractivity contribution in [2.75, 3.05) is 0 Å². The fraction of sp³-hybridized carbons (Fsp3) is 0.0909. The number of aryl methyl sites for hydroxylation is 1. The molecule has 0 amide bonds. The van der Waals surface area contributed by atoms with Gasteiger partial charge in [-0.2, -0.15) is 0 Å². The minimum absolute atomic E-state index is 0.855. The first-order valence-corrected chi connectivity index (χ1v) is 8.57. The Bertz CT molecular complexity index is 820. The van der Waals surface area contributed by atoms with Crippen LogP contribution in [0.3, 0.4) is 0 Å². The molecule has 0 saturated carbocycles. The number of thiophene rings is 1. The maximum Gasteiger partial charge on any atom is 0.0424 e. The summed E-state index contributed by atoms with van der Waals surface area (Å²) in [6.45, 7) is 10.1. The summed E-state index contributed by atoms with van der Waals surface area (Å²) in [6, 6.07) is 19.3. The molecule has 114 valence electrons. The zero-order valence-electron chi connectivity index (χ0n) is 13.4. The second-order valence-electron chi connectivity index (χ2n) is 5.58. The Balaban J connectivity index is 2.23. The predicted molar refractivity (Wildman–Crippen MR) is 104 cm³/mol. The predicted octanol–water partition coefficient (Wildman–Crippen LogP) is 6.76. The van der Waals surface area contributed by atoms with Gasteiger partial charge in [-0.05, 0) is 35.6 Å². The third kappa shape index (κ3) is 3.06.